The molecule has 1 aromatic carbocycles. The molecule has 1 aliphatic rings. The first-order valence-electron chi connectivity index (χ1n) is 8.19. The van der Waals surface area contributed by atoms with Crippen LogP contribution in [0, 0.1) is 0 Å². The van der Waals surface area contributed by atoms with Gasteiger partial charge in [-0.25, -0.2) is 14.9 Å². The molecule has 0 radical (unpaired) electrons. The third kappa shape index (κ3) is 3.69. The van der Waals surface area contributed by atoms with Gasteiger partial charge in [0.2, 0.25) is 5.89 Å². The molecule has 1 unspecified atom stereocenters. The van der Waals surface area contributed by atoms with Crippen LogP contribution in [0.1, 0.15) is 18.7 Å². The molecule has 0 bridgehead atoms. The van der Waals surface area contributed by atoms with Gasteiger partial charge in [0, 0.05) is 12.2 Å². The summed E-state index contributed by atoms with van der Waals surface area (Å²) in [6.07, 6.45) is 3.82. The van der Waals surface area contributed by atoms with Crippen LogP contribution in [0.25, 0.3) is 11.3 Å². The molecule has 0 amide bonds. The minimum atomic E-state index is -0.213. The zero-order valence-corrected chi connectivity index (χ0v) is 14.4. The molecule has 8 heteroatoms. The maximum Gasteiger partial charge on any atom is 0.344 e. The highest BCUT2D eigenvalue weighted by molar-refractivity contribution is 7.98. The highest BCUT2D eigenvalue weighted by Crippen LogP contribution is 2.25. The quantitative estimate of drug-likeness (QED) is 0.682. The summed E-state index contributed by atoms with van der Waals surface area (Å²) in [6.45, 7) is 1.29. The topological polar surface area (TPSA) is 85.9 Å². The second-order valence-electron chi connectivity index (χ2n) is 5.83. The van der Waals surface area contributed by atoms with Gasteiger partial charge in [0.25, 0.3) is 0 Å². The molecular formula is C17H18N4O3S. The van der Waals surface area contributed by atoms with Gasteiger partial charge >= 0.3 is 5.69 Å². The molecule has 25 heavy (non-hydrogen) atoms. The molecule has 3 aromatic rings. The van der Waals surface area contributed by atoms with Crippen LogP contribution in [0.15, 0.2) is 50.9 Å². The first-order valence-corrected chi connectivity index (χ1v) is 9.18. The Balaban J connectivity index is 1.43. The number of H-pyrrole nitrogens is 1. The second kappa shape index (κ2) is 7.28. The third-order valence-electron chi connectivity index (χ3n) is 4.07. The maximum absolute atomic E-state index is 12.0. The van der Waals surface area contributed by atoms with Crippen LogP contribution < -0.4 is 5.69 Å². The average molecular weight is 358 g/mol. The number of nitrogens with zero attached hydrogens (tertiary/aromatic N) is 3. The van der Waals surface area contributed by atoms with E-state index < -0.39 is 0 Å². The predicted molar refractivity (Wildman–Crippen MR) is 93.3 cm³/mol. The van der Waals surface area contributed by atoms with E-state index in [9.17, 15) is 4.79 Å². The molecule has 1 atom stereocenters. The molecule has 1 aliphatic heterocycles. The lowest BCUT2D eigenvalue weighted by atomic mass is 10.2. The molecule has 1 saturated heterocycles. The average Bonchev–Trinajstić information content (AvgIpc) is 3.38. The summed E-state index contributed by atoms with van der Waals surface area (Å²) in [6, 6.07) is 9.83. The lowest BCUT2D eigenvalue weighted by Crippen LogP contribution is -2.24. The van der Waals surface area contributed by atoms with Crippen LogP contribution in [-0.4, -0.2) is 32.5 Å². The van der Waals surface area contributed by atoms with Crippen LogP contribution in [-0.2, 0) is 17.0 Å². The molecule has 0 spiro atoms. The number of oxazole rings is 1. The van der Waals surface area contributed by atoms with Crippen molar-refractivity contribution in [3.8, 4) is 11.3 Å². The van der Waals surface area contributed by atoms with Gasteiger partial charge in [-0.15, -0.1) is 5.10 Å². The minimum Gasteiger partial charge on any atom is -0.440 e. The molecule has 3 heterocycles. The second-order valence-corrected chi connectivity index (χ2v) is 6.77. The van der Waals surface area contributed by atoms with Crippen LogP contribution in [0.5, 0.6) is 0 Å². The number of thioether (sulfide) groups is 1. The first kappa shape index (κ1) is 16.2. The zero-order chi connectivity index (χ0) is 17.1. The molecule has 1 fully saturated rings. The fourth-order valence-corrected chi connectivity index (χ4v) is 3.62. The Kier molecular flexibility index (Phi) is 4.71. The summed E-state index contributed by atoms with van der Waals surface area (Å²) in [5, 5.41) is 7.23. The van der Waals surface area contributed by atoms with E-state index in [1.54, 1.807) is 10.8 Å². The number of aromatic amines is 1. The summed E-state index contributed by atoms with van der Waals surface area (Å²) in [5.41, 5.74) is 0.775. The Labute approximate surface area is 148 Å². The summed E-state index contributed by atoms with van der Waals surface area (Å²) in [5.74, 6) is 1.83. The molecule has 1 N–H and O–H groups in total. The Hall–Kier alpha value is -2.32. The van der Waals surface area contributed by atoms with Gasteiger partial charge in [0.1, 0.15) is 0 Å². The van der Waals surface area contributed by atoms with E-state index in [1.165, 1.54) is 11.8 Å². The smallest absolute Gasteiger partial charge is 0.344 e. The van der Waals surface area contributed by atoms with Gasteiger partial charge in [-0.2, -0.15) is 0 Å². The Bertz CT molecular complexity index is 881. The van der Waals surface area contributed by atoms with E-state index in [1.807, 2.05) is 30.3 Å². The van der Waals surface area contributed by atoms with E-state index in [0.717, 1.165) is 30.8 Å². The van der Waals surface area contributed by atoms with Crippen molar-refractivity contribution < 1.29 is 9.15 Å². The molecular weight excluding hydrogens is 340 g/mol. The van der Waals surface area contributed by atoms with Crippen molar-refractivity contribution in [2.75, 3.05) is 6.61 Å². The largest absolute Gasteiger partial charge is 0.440 e. The van der Waals surface area contributed by atoms with Gasteiger partial charge in [-0.3, -0.25) is 4.57 Å². The summed E-state index contributed by atoms with van der Waals surface area (Å²) >= 11 is 1.42. The fourth-order valence-electron chi connectivity index (χ4n) is 2.81. The number of hydrogen-bond acceptors (Lipinski definition) is 6. The van der Waals surface area contributed by atoms with Gasteiger partial charge in [0.15, 0.2) is 10.9 Å². The lowest BCUT2D eigenvalue weighted by Gasteiger charge is -2.10. The number of nitrogens with one attached hydrogen (secondary N) is 1. The molecule has 4 rings (SSSR count). The number of hydrogen-bond donors (Lipinski definition) is 1. The lowest BCUT2D eigenvalue weighted by molar-refractivity contribution is 0.0941. The number of ether oxygens (including phenoxy) is 1. The van der Waals surface area contributed by atoms with Crippen molar-refractivity contribution in [1.82, 2.24) is 19.7 Å². The predicted octanol–water partition coefficient (Wildman–Crippen LogP) is 2.70. The van der Waals surface area contributed by atoms with Crippen molar-refractivity contribution in [1.29, 1.82) is 0 Å². The molecule has 2 aromatic heterocycles. The molecule has 0 saturated carbocycles. The number of rotatable bonds is 6. The fraction of sp³-hybridized carbons (Fsp3) is 0.353. The van der Waals surface area contributed by atoms with Gasteiger partial charge < -0.3 is 9.15 Å². The van der Waals surface area contributed by atoms with E-state index in [2.05, 4.69) is 15.2 Å². The van der Waals surface area contributed by atoms with Crippen molar-refractivity contribution in [3.63, 3.8) is 0 Å². The van der Waals surface area contributed by atoms with E-state index in [4.69, 9.17) is 9.15 Å². The minimum absolute atomic E-state index is 0.0843. The summed E-state index contributed by atoms with van der Waals surface area (Å²) in [4.78, 5) is 16.3. The van der Waals surface area contributed by atoms with E-state index in [0.29, 0.717) is 23.3 Å². The highest BCUT2D eigenvalue weighted by Gasteiger charge is 2.20. The van der Waals surface area contributed by atoms with Gasteiger partial charge in [-0.05, 0) is 12.8 Å². The van der Waals surface area contributed by atoms with Crippen molar-refractivity contribution in [2.45, 2.75) is 36.4 Å². The van der Waals surface area contributed by atoms with Crippen LogP contribution in [0.3, 0.4) is 0 Å². The van der Waals surface area contributed by atoms with Crippen molar-refractivity contribution in [2.24, 2.45) is 0 Å². The van der Waals surface area contributed by atoms with Gasteiger partial charge in [0.05, 0.1) is 24.6 Å². The summed E-state index contributed by atoms with van der Waals surface area (Å²) in [7, 11) is 0. The number of aromatic nitrogens is 4. The van der Waals surface area contributed by atoms with Crippen molar-refractivity contribution >= 4 is 11.8 Å². The molecule has 130 valence electrons. The summed E-state index contributed by atoms with van der Waals surface area (Å²) < 4.78 is 13.0. The SMILES string of the molecule is O=c1[nH]nc(SCc2ncc(-c3ccccc3)o2)n1CC1CCCO1. The Morgan fingerprint density at radius 3 is 3.00 bits per heavy atom. The molecule has 7 nitrogen and oxygen atoms in total. The van der Waals surface area contributed by atoms with Crippen LogP contribution >= 0.6 is 11.8 Å². The van der Waals surface area contributed by atoms with E-state index >= 15 is 0 Å². The normalized spacial score (nSPS) is 17.2. The monoisotopic (exact) mass is 358 g/mol. The molecule has 0 aliphatic carbocycles. The Morgan fingerprint density at radius 1 is 1.32 bits per heavy atom. The standard InChI is InChI=1S/C17H18N4O3S/c22-16-19-20-17(21(16)10-13-7-4-8-23-13)25-11-15-18-9-14(24-15)12-5-2-1-3-6-12/h1-3,5-6,9,13H,4,7-8,10-11H2,(H,19,22). The van der Waals surface area contributed by atoms with Crippen molar-refractivity contribution in [3.05, 3.63) is 52.9 Å². The van der Waals surface area contributed by atoms with E-state index in [-0.39, 0.29) is 11.8 Å². The zero-order valence-electron chi connectivity index (χ0n) is 13.6. The van der Waals surface area contributed by atoms with Crippen LogP contribution in [0.4, 0.5) is 0 Å². The third-order valence-corrected chi connectivity index (χ3v) is 5.03. The maximum atomic E-state index is 12.0. The first-order chi connectivity index (χ1) is 12.3. The van der Waals surface area contributed by atoms with Gasteiger partial charge in [-0.1, -0.05) is 42.1 Å². The number of benzene rings is 1. The Morgan fingerprint density at radius 2 is 2.20 bits per heavy atom. The van der Waals surface area contributed by atoms with Crippen LogP contribution in [0.2, 0.25) is 0 Å². The highest BCUT2D eigenvalue weighted by atomic mass is 32.2.